The van der Waals surface area contributed by atoms with Crippen LogP contribution in [0, 0.1) is 0 Å². The van der Waals surface area contributed by atoms with Crippen molar-refractivity contribution in [3.05, 3.63) is 48.8 Å². The lowest BCUT2D eigenvalue weighted by atomic mass is 10.2. The second-order valence-electron chi connectivity index (χ2n) is 4.77. The molecule has 1 N–H and O–H groups in total. The number of benzene rings is 1. The fourth-order valence-corrected chi connectivity index (χ4v) is 2.24. The van der Waals surface area contributed by atoms with E-state index in [9.17, 15) is 4.79 Å². The van der Waals surface area contributed by atoms with E-state index in [1.165, 1.54) is 0 Å². The van der Waals surface area contributed by atoms with Gasteiger partial charge < -0.3 is 10.2 Å². The number of nitrogens with zero attached hydrogens (tertiary/aromatic N) is 3. The molecule has 0 unspecified atom stereocenters. The maximum Gasteiger partial charge on any atom is 0.324 e. The Kier molecular flexibility index (Phi) is 3.25. The Labute approximate surface area is 117 Å². The summed E-state index contributed by atoms with van der Waals surface area (Å²) >= 11 is 0. The third-order valence-corrected chi connectivity index (χ3v) is 3.32. The van der Waals surface area contributed by atoms with Crippen LogP contribution in [0.2, 0.25) is 0 Å². The highest BCUT2D eigenvalue weighted by Gasteiger charge is 2.26. The molecule has 0 bridgehead atoms. The summed E-state index contributed by atoms with van der Waals surface area (Å²) in [5.41, 5.74) is 2.78. The zero-order valence-electron chi connectivity index (χ0n) is 11.3. The monoisotopic (exact) mass is 268 g/mol. The topological polar surface area (TPSA) is 48.5 Å². The number of pyridine rings is 1. The molecule has 0 spiro atoms. The number of anilines is 3. The van der Waals surface area contributed by atoms with E-state index in [0.717, 1.165) is 30.2 Å². The molecule has 3 rings (SSSR count). The summed E-state index contributed by atoms with van der Waals surface area (Å²) in [5.74, 6) is 0. The number of urea groups is 1. The molecular weight excluding hydrogens is 252 g/mol. The predicted octanol–water partition coefficient (Wildman–Crippen LogP) is 2.70. The SMILES string of the molecule is CN1CCN(c2cccc(Nc3cccnc3)c2)C1=O. The van der Waals surface area contributed by atoms with Crippen molar-refractivity contribution < 1.29 is 4.79 Å². The lowest BCUT2D eigenvalue weighted by molar-refractivity contribution is 0.229. The van der Waals surface area contributed by atoms with Crippen LogP contribution in [0.5, 0.6) is 0 Å². The van der Waals surface area contributed by atoms with Gasteiger partial charge in [-0.25, -0.2) is 4.79 Å². The molecule has 1 aliphatic rings. The molecule has 0 saturated carbocycles. The number of carbonyl (C=O) groups excluding carboxylic acids is 1. The van der Waals surface area contributed by atoms with Crippen LogP contribution in [0.4, 0.5) is 21.9 Å². The van der Waals surface area contributed by atoms with Gasteiger partial charge in [-0.05, 0) is 30.3 Å². The first-order valence-corrected chi connectivity index (χ1v) is 6.54. The molecular formula is C15H16N4O. The lowest BCUT2D eigenvalue weighted by Crippen LogP contribution is -2.29. The standard InChI is InChI=1S/C15H16N4O/c1-18-8-9-19(15(18)20)14-6-2-4-12(10-14)17-13-5-3-7-16-11-13/h2-7,10-11,17H,8-9H2,1H3. The van der Waals surface area contributed by atoms with E-state index in [0.29, 0.717) is 0 Å². The zero-order chi connectivity index (χ0) is 13.9. The van der Waals surface area contributed by atoms with Gasteiger partial charge in [0, 0.05) is 37.7 Å². The average molecular weight is 268 g/mol. The number of amides is 2. The highest BCUT2D eigenvalue weighted by atomic mass is 16.2. The van der Waals surface area contributed by atoms with Gasteiger partial charge in [0.1, 0.15) is 0 Å². The maximum absolute atomic E-state index is 12.0. The molecule has 0 aliphatic carbocycles. The zero-order valence-corrected chi connectivity index (χ0v) is 11.3. The summed E-state index contributed by atoms with van der Waals surface area (Å²) in [5, 5.41) is 3.28. The van der Waals surface area contributed by atoms with Crippen LogP contribution in [-0.2, 0) is 0 Å². The van der Waals surface area contributed by atoms with E-state index in [4.69, 9.17) is 0 Å². The van der Waals surface area contributed by atoms with Crippen LogP contribution >= 0.6 is 0 Å². The van der Waals surface area contributed by atoms with Crippen LogP contribution < -0.4 is 10.2 Å². The van der Waals surface area contributed by atoms with Gasteiger partial charge in [-0.15, -0.1) is 0 Å². The number of aromatic nitrogens is 1. The number of rotatable bonds is 3. The largest absolute Gasteiger partial charge is 0.354 e. The molecule has 1 saturated heterocycles. The van der Waals surface area contributed by atoms with Crippen molar-refractivity contribution in [2.75, 3.05) is 30.4 Å². The molecule has 1 aromatic heterocycles. The Morgan fingerprint density at radius 1 is 1.15 bits per heavy atom. The van der Waals surface area contributed by atoms with Gasteiger partial charge in [-0.2, -0.15) is 0 Å². The predicted molar refractivity (Wildman–Crippen MR) is 79.3 cm³/mol. The average Bonchev–Trinajstić information content (AvgIpc) is 2.80. The van der Waals surface area contributed by atoms with Crippen LogP contribution in [0.3, 0.4) is 0 Å². The molecule has 1 fully saturated rings. The minimum Gasteiger partial charge on any atom is -0.354 e. The Morgan fingerprint density at radius 2 is 2.00 bits per heavy atom. The first kappa shape index (κ1) is 12.5. The first-order chi connectivity index (χ1) is 9.74. The summed E-state index contributed by atoms with van der Waals surface area (Å²) in [4.78, 5) is 19.6. The molecule has 0 atom stereocenters. The van der Waals surface area contributed by atoms with Crippen LogP contribution in [0.15, 0.2) is 48.8 Å². The van der Waals surface area contributed by atoms with Gasteiger partial charge in [-0.1, -0.05) is 6.07 Å². The fourth-order valence-electron chi connectivity index (χ4n) is 2.24. The van der Waals surface area contributed by atoms with Crippen molar-refractivity contribution in [3.63, 3.8) is 0 Å². The van der Waals surface area contributed by atoms with Crippen molar-refractivity contribution >= 4 is 23.1 Å². The quantitative estimate of drug-likeness (QED) is 0.931. The summed E-state index contributed by atoms with van der Waals surface area (Å²) in [6, 6.07) is 11.7. The first-order valence-electron chi connectivity index (χ1n) is 6.54. The molecule has 20 heavy (non-hydrogen) atoms. The number of hydrogen-bond acceptors (Lipinski definition) is 3. The highest BCUT2D eigenvalue weighted by Crippen LogP contribution is 2.24. The van der Waals surface area contributed by atoms with Crippen molar-refractivity contribution in [2.24, 2.45) is 0 Å². The van der Waals surface area contributed by atoms with E-state index in [-0.39, 0.29) is 6.03 Å². The van der Waals surface area contributed by atoms with Crippen molar-refractivity contribution in [1.82, 2.24) is 9.88 Å². The van der Waals surface area contributed by atoms with E-state index in [2.05, 4.69) is 10.3 Å². The molecule has 1 aliphatic heterocycles. The van der Waals surface area contributed by atoms with Crippen LogP contribution in [0.25, 0.3) is 0 Å². The van der Waals surface area contributed by atoms with E-state index in [1.54, 1.807) is 22.2 Å². The van der Waals surface area contributed by atoms with Crippen molar-refractivity contribution in [1.29, 1.82) is 0 Å². The molecule has 1 aromatic carbocycles. The smallest absolute Gasteiger partial charge is 0.324 e. The molecule has 5 heteroatoms. The summed E-state index contributed by atoms with van der Waals surface area (Å²) in [6.07, 6.45) is 3.50. The maximum atomic E-state index is 12.0. The van der Waals surface area contributed by atoms with Crippen molar-refractivity contribution in [2.45, 2.75) is 0 Å². The molecule has 102 valence electrons. The van der Waals surface area contributed by atoms with Gasteiger partial charge in [0.15, 0.2) is 0 Å². The Bertz CT molecular complexity index is 614. The molecule has 0 radical (unpaired) electrons. The number of hydrogen-bond donors (Lipinski definition) is 1. The third-order valence-electron chi connectivity index (χ3n) is 3.32. The second kappa shape index (κ2) is 5.21. The Hall–Kier alpha value is -2.56. The highest BCUT2D eigenvalue weighted by molar-refractivity contribution is 5.94. The van der Waals surface area contributed by atoms with Gasteiger partial charge in [0.05, 0.1) is 11.9 Å². The summed E-state index contributed by atoms with van der Waals surface area (Å²) in [7, 11) is 1.82. The van der Waals surface area contributed by atoms with E-state index in [1.807, 2.05) is 43.4 Å². The molecule has 2 heterocycles. The van der Waals surface area contributed by atoms with Crippen LogP contribution in [-0.4, -0.2) is 36.1 Å². The number of nitrogens with one attached hydrogen (secondary N) is 1. The summed E-state index contributed by atoms with van der Waals surface area (Å²) < 4.78 is 0. The molecule has 5 nitrogen and oxygen atoms in total. The minimum absolute atomic E-state index is 0.0449. The Balaban J connectivity index is 1.81. The van der Waals surface area contributed by atoms with Gasteiger partial charge in [0.2, 0.25) is 0 Å². The third kappa shape index (κ3) is 2.42. The fraction of sp³-hybridized carbons (Fsp3) is 0.200. The second-order valence-corrected chi connectivity index (χ2v) is 4.77. The van der Waals surface area contributed by atoms with Crippen molar-refractivity contribution in [3.8, 4) is 0 Å². The van der Waals surface area contributed by atoms with Gasteiger partial charge in [0.25, 0.3) is 0 Å². The lowest BCUT2D eigenvalue weighted by Gasteiger charge is -2.17. The molecule has 2 aromatic rings. The van der Waals surface area contributed by atoms with E-state index < -0.39 is 0 Å². The Morgan fingerprint density at radius 3 is 2.70 bits per heavy atom. The van der Waals surface area contributed by atoms with Gasteiger partial charge >= 0.3 is 6.03 Å². The normalized spacial score (nSPS) is 14.8. The van der Waals surface area contributed by atoms with Crippen LogP contribution in [0.1, 0.15) is 0 Å². The summed E-state index contributed by atoms with van der Waals surface area (Å²) in [6.45, 7) is 1.49. The van der Waals surface area contributed by atoms with E-state index >= 15 is 0 Å². The number of carbonyl (C=O) groups is 1. The number of likely N-dealkylation sites (N-methyl/N-ethyl adjacent to an activating group) is 1. The van der Waals surface area contributed by atoms with Gasteiger partial charge in [-0.3, -0.25) is 9.88 Å². The minimum atomic E-state index is 0.0449. The molecule has 2 amide bonds.